The highest BCUT2D eigenvalue weighted by atomic mass is 32.2. The van der Waals surface area contributed by atoms with Crippen molar-refractivity contribution in [2.45, 2.75) is 69.7 Å². The monoisotopic (exact) mass is 539 g/mol. The number of ether oxygens (including phenoxy) is 1. The first-order valence-corrected chi connectivity index (χ1v) is 15.9. The number of thiazole rings is 1. The first kappa shape index (κ1) is 26.2. The van der Waals surface area contributed by atoms with Crippen molar-refractivity contribution in [2.75, 3.05) is 19.7 Å². The topological polar surface area (TPSA) is 63.9 Å². The molecule has 3 aromatic rings. The second-order valence-corrected chi connectivity index (χ2v) is 13.0. The lowest BCUT2D eigenvalue weighted by molar-refractivity contribution is 0.288. The Kier molecular flexibility index (Phi) is 8.17. The Labute approximate surface area is 224 Å². The van der Waals surface area contributed by atoms with Crippen LogP contribution in [-0.2, 0) is 10.0 Å². The quantitative estimate of drug-likeness (QED) is 0.333. The van der Waals surface area contributed by atoms with Gasteiger partial charge in [-0.05, 0) is 80.5 Å². The zero-order chi connectivity index (χ0) is 25.8. The van der Waals surface area contributed by atoms with Crippen molar-refractivity contribution in [3.8, 4) is 17.0 Å². The number of sulfonamides is 1. The predicted molar refractivity (Wildman–Crippen MR) is 150 cm³/mol. The Morgan fingerprint density at radius 3 is 2.27 bits per heavy atom. The summed E-state index contributed by atoms with van der Waals surface area (Å²) < 4.78 is 36.1. The summed E-state index contributed by atoms with van der Waals surface area (Å²) in [4.78, 5) is 6.37. The van der Waals surface area contributed by atoms with Crippen molar-refractivity contribution in [3.05, 3.63) is 58.7 Å². The van der Waals surface area contributed by atoms with Crippen molar-refractivity contribution < 1.29 is 13.2 Å². The van der Waals surface area contributed by atoms with Crippen LogP contribution < -0.4 is 9.54 Å². The van der Waals surface area contributed by atoms with Gasteiger partial charge in [-0.25, -0.2) is 13.4 Å². The maximum atomic E-state index is 13.2. The van der Waals surface area contributed by atoms with Crippen LogP contribution in [0.3, 0.4) is 0 Å². The van der Waals surface area contributed by atoms with Crippen molar-refractivity contribution in [3.63, 3.8) is 0 Å². The van der Waals surface area contributed by atoms with Gasteiger partial charge in [-0.3, -0.25) is 0 Å². The number of aromatic nitrogens is 1. The lowest BCUT2D eigenvalue weighted by atomic mass is 9.95. The highest BCUT2D eigenvalue weighted by Gasteiger charge is 2.28. The lowest BCUT2D eigenvalue weighted by Gasteiger charge is -2.29. The van der Waals surface area contributed by atoms with Gasteiger partial charge >= 0.3 is 0 Å². The zero-order valence-electron chi connectivity index (χ0n) is 21.8. The Balaban J connectivity index is 1.47. The largest absolute Gasteiger partial charge is 0.494 e. The molecule has 6 nitrogen and oxygen atoms in total. The number of benzene rings is 2. The Hall–Kier alpha value is -2.42. The summed E-state index contributed by atoms with van der Waals surface area (Å²) in [5.41, 5.74) is 3.04. The molecule has 1 saturated carbocycles. The molecule has 0 spiro atoms. The average molecular weight is 540 g/mol. The summed E-state index contributed by atoms with van der Waals surface area (Å²) in [6, 6.07) is 15.8. The van der Waals surface area contributed by atoms with Crippen LogP contribution in [0.15, 0.2) is 63.8 Å². The number of nitrogens with zero attached hydrogens (tertiary/aromatic N) is 3. The predicted octanol–water partition coefficient (Wildman–Crippen LogP) is 6.77. The summed E-state index contributed by atoms with van der Waals surface area (Å²) >= 11 is 1.65. The molecule has 0 bridgehead atoms. The molecule has 8 heteroatoms. The first-order chi connectivity index (χ1) is 18.0. The van der Waals surface area contributed by atoms with E-state index in [1.54, 1.807) is 27.8 Å². The summed E-state index contributed by atoms with van der Waals surface area (Å²) in [5.74, 6) is 1.44. The number of hydrogen-bond acceptors (Lipinski definition) is 5. The Morgan fingerprint density at radius 2 is 1.62 bits per heavy atom. The average Bonchev–Trinajstić information content (AvgIpc) is 3.34. The highest BCUT2D eigenvalue weighted by Crippen LogP contribution is 2.33. The zero-order valence-corrected chi connectivity index (χ0v) is 23.4. The fraction of sp³-hybridized carbons (Fsp3) is 0.483. The van der Waals surface area contributed by atoms with Crippen LogP contribution in [0.5, 0.6) is 5.75 Å². The molecule has 5 rings (SSSR count). The summed E-state index contributed by atoms with van der Waals surface area (Å²) in [6.45, 7) is 6.03. The molecule has 2 heterocycles. The number of rotatable bonds is 7. The van der Waals surface area contributed by atoms with Gasteiger partial charge in [0.25, 0.3) is 0 Å². The third-order valence-corrected chi connectivity index (χ3v) is 10.3. The maximum Gasteiger partial charge on any atom is 0.243 e. The molecule has 2 fully saturated rings. The molecule has 0 atom stereocenters. The third kappa shape index (κ3) is 5.86. The van der Waals surface area contributed by atoms with Gasteiger partial charge in [0.05, 0.1) is 22.9 Å². The van der Waals surface area contributed by atoms with Crippen LogP contribution in [0.25, 0.3) is 11.3 Å². The SMILES string of the molecule is CCOc1ccc(N=c2scc(-c3ccc(S(=O)(=O)N4CCC(C)CC4)cc3)n2C2CCCCC2)cc1. The van der Waals surface area contributed by atoms with Gasteiger partial charge in [0, 0.05) is 24.5 Å². The first-order valence-electron chi connectivity index (χ1n) is 13.5. The molecule has 1 aromatic heterocycles. The molecule has 198 valence electrons. The van der Waals surface area contributed by atoms with Gasteiger partial charge in [0.15, 0.2) is 4.80 Å². The van der Waals surface area contributed by atoms with Crippen LogP contribution in [0.1, 0.15) is 64.8 Å². The van der Waals surface area contributed by atoms with E-state index in [1.165, 1.54) is 19.3 Å². The van der Waals surface area contributed by atoms with Gasteiger partial charge < -0.3 is 9.30 Å². The summed E-state index contributed by atoms with van der Waals surface area (Å²) in [7, 11) is -3.46. The van der Waals surface area contributed by atoms with Gasteiger partial charge in [0.2, 0.25) is 10.0 Å². The summed E-state index contributed by atoms with van der Waals surface area (Å²) in [5, 5.41) is 2.16. The van der Waals surface area contributed by atoms with Gasteiger partial charge in [0.1, 0.15) is 5.75 Å². The van der Waals surface area contributed by atoms with E-state index in [9.17, 15) is 8.42 Å². The molecular weight excluding hydrogens is 502 g/mol. The van der Waals surface area contributed by atoms with Gasteiger partial charge in [-0.1, -0.05) is 38.3 Å². The van der Waals surface area contributed by atoms with Crippen LogP contribution in [0.2, 0.25) is 0 Å². The molecule has 0 unspecified atom stereocenters. The molecule has 37 heavy (non-hydrogen) atoms. The van der Waals surface area contributed by atoms with Crippen molar-refractivity contribution in [1.29, 1.82) is 0 Å². The van der Waals surface area contributed by atoms with Crippen LogP contribution in [0, 0.1) is 5.92 Å². The fourth-order valence-electron chi connectivity index (χ4n) is 5.37. The Bertz CT molecular complexity index is 1340. The minimum atomic E-state index is -3.46. The molecule has 2 aromatic carbocycles. The fourth-order valence-corrected chi connectivity index (χ4v) is 7.83. The van der Waals surface area contributed by atoms with Crippen molar-refractivity contribution >= 4 is 27.0 Å². The van der Waals surface area contributed by atoms with E-state index < -0.39 is 10.0 Å². The highest BCUT2D eigenvalue weighted by molar-refractivity contribution is 7.89. The molecule has 0 radical (unpaired) electrons. The molecule has 1 aliphatic carbocycles. The molecular formula is C29H37N3O3S2. The minimum Gasteiger partial charge on any atom is -0.494 e. The Morgan fingerprint density at radius 1 is 0.946 bits per heavy atom. The van der Waals surface area contributed by atoms with Gasteiger partial charge in [-0.15, -0.1) is 11.3 Å². The van der Waals surface area contributed by atoms with E-state index in [1.807, 2.05) is 43.3 Å². The van der Waals surface area contributed by atoms with Crippen molar-refractivity contribution in [2.24, 2.45) is 10.9 Å². The third-order valence-electron chi connectivity index (χ3n) is 7.58. The minimum absolute atomic E-state index is 0.379. The van der Waals surface area contributed by atoms with E-state index in [4.69, 9.17) is 9.73 Å². The molecule has 0 N–H and O–H groups in total. The van der Waals surface area contributed by atoms with Crippen molar-refractivity contribution in [1.82, 2.24) is 8.87 Å². The normalized spacial score (nSPS) is 18.8. The van der Waals surface area contributed by atoms with Crippen LogP contribution in [0.4, 0.5) is 5.69 Å². The number of hydrogen-bond donors (Lipinski definition) is 0. The van der Waals surface area contributed by atoms with E-state index in [0.717, 1.165) is 53.2 Å². The maximum absolute atomic E-state index is 13.2. The molecule has 1 aliphatic heterocycles. The molecule has 2 aliphatic rings. The summed E-state index contributed by atoms with van der Waals surface area (Å²) in [6.07, 6.45) is 7.86. The second kappa shape index (κ2) is 11.5. The van der Waals surface area contributed by atoms with E-state index in [-0.39, 0.29) is 0 Å². The van der Waals surface area contributed by atoms with E-state index in [0.29, 0.717) is 36.6 Å². The standard InChI is InChI=1S/C29H37N3O3S2/c1-3-35-26-13-11-24(12-14-26)30-29-32(25-7-5-4-6-8-25)28(21-36-29)23-9-15-27(16-10-23)37(33,34)31-19-17-22(2)18-20-31/h9-16,21-22,25H,3-8,17-20H2,1-2H3. The lowest BCUT2D eigenvalue weighted by Crippen LogP contribution is -2.37. The molecule has 1 saturated heterocycles. The molecule has 0 amide bonds. The van der Waals surface area contributed by atoms with Gasteiger partial charge in [-0.2, -0.15) is 4.31 Å². The van der Waals surface area contributed by atoms with E-state index in [2.05, 4.69) is 16.9 Å². The van der Waals surface area contributed by atoms with Crippen LogP contribution >= 0.6 is 11.3 Å². The van der Waals surface area contributed by atoms with Crippen LogP contribution in [-0.4, -0.2) is 37.0 Å². The van der Waals surface area contributed by atoms with E-state index >= 15 is 0 Å². The second-order valence-electron chi connectivity index (χ2n) is 10.2. The smallest absolute Gasteiger partial charge is 0.243 e. The number of piperidine rings is 1.